The molecule has 0 unspecified atom stereocenters. The number of anilines is 2. The zero-order valence-corrected chi connectivity index (χ0v) is 17.3. The van der Waals surface area contributed by atoms with Crippen molar-refractivity contribution in [2.75, 3.05) is 10.6 Å². The largest absolute Gasteiger partial charge is 0.573 e. The molecule has 10 heteroatoms. The first-order valence-corrected chi connectivity index (χ1v) is 9.82. The predicted octanol–water partition coefficient (Wildman–Crippen LogP) is 6.14. The molecule has 3 rings (SSSR count). The molecule has 170 valence electrons. The molecule has 3 aromatic rings. The standard InChI is InChI=1S/C22H21F5N4O/c1-3-13(2)29-21-30-19(15-5-4-6-16(10-15)32-22(25,26)27)11-20(31-21)28-12-14-7-8-17(23)18(24)9-14/h4-11,13H,3,12H2,1-2H3,(H2,28,29,30,31)/t13-/m1/s1. The van der Waals surface area contributed by atoms with Crippen molar-refractivity contribution in [3.05, 3.63) is 65.7 Å². The monoisotopic (exact) mass is 452 g/mol. The Labute approximate surface area is 181 Å². The van der Waals surface area contributed by atoms with Crippen molar-refractivity contribution in [1.29, 1.82) is 0 Å². The number of rotatable bonds is 8. The Bertz CT molecular complexity index is 1070. The van der Waals surface area contributed by atoms with E-state index in [4.69, 9.17) is 0 Å². The van der Waals surface area contributed by atoms with Crippen LogP contribution in [0.4, 0.5) is 33.7 Å². The summed E-state index contributed by atoms with van der Waals surface area (Å²) < 4.78 is 68.3. The molecule has 0 spiro atoms. The van der Waals surface area contributed by atoms with Crippen LogP contribution in [0.1, 0.15) is 25.8 Å². The lowest BCUT2D eigenvalue weighted by molar-refractivity contribution is -0.274. The van der Waals surface area contributed by atoms with E-state index in [0.29, 0.717) is 22.6 Å². The van der Waals surface area contributed by atoms with Crippen LogP contribution in [0.2, 0.25) is 0 Å². The Morgan fingerprint density at radius 3 is 2.47 bits per heavy atom. The van der Waals surface area contributed by atoms with Crippen molar-refractivity contribution in [3.63, 3.8) is 0 Å². The molecule has 0 saturated heterocycles. The first kappa shape index (κ1) is 23.2. The Balaban J connectivity index is 1.90. The third-order valence-electron chi connectivity index (χ3n) is 4.54. The number of ether oxygens (including phenoxy) is 1. The van der Waals surface area contributed by atoms with Crippen molar-refractivity contribution in [1.82, 2.24) is 9.97 Å². The molecule has 1 heterocycles. The minimum absolute atomic E-state index is 0.0455. The average Bonchev–Trinajstić information content (AvgIpc) is 2.73. The van der Waals surface area contributed by atoms with Crippen LogP contribution in [0.5, 0.6) is 5.75 Å². The van der Waals surface area contributed by atoms with E-state index in [-0.39, 0.29) is 24.3 Å². The molecule has 0 fully saturated rings. The zero-order valence-electron chi connectivity index (χ0n) is 17.3. The smallest absolute Gasteiger partial charge is 0.406 e. The van der Waals surface area contributed by atoms with E-state index in [1.807, 2.05) is 13.8 Å². The van der Waals surface area contributed by atoms with Gasteiger partial charge in [-0.25, -0.2) is 13.8 Å². The molecule has 1 atom stereocenters. The van der Waals surface area contributed by atoms with Gasteiger partial charge in [0.2, 0.25) is 5.95 Å². The molecule has 32 heavy (non-hydrogen) atoms. The van der Waals surface area contributed by atoms with E-state index in [1.165, 1.54) is 24.3 Å². The Kier molecular flexibility index (Phi) is 7.12. The van der Waals surface area contributed by atoms with Gasteiger partial charge < -0.3 is 15.4 Å². The van der Waals surface area contributed by atoms with E-state index in [0.717, 1.165) is 18.6 Å². The second kappa shape index (κ2) is 9.80. The fourth-order valence-electron chi connectivity index (χ4n) is 2.77. The first-order chi connectivity index (χ1) is 15.1. The van der Waals surface area contributed by atoms with Crippen LogP contribution < -0.4 is 15.4 Å². The number of nitrogens with one attached hydrogen (secondary N) is 2. The van der Waals surface area contributed by atoms with Gasteiger partial charge in [0.1, 0.15) is 11.6 Å². The Morgan fingerprint density at radius 1 is 1.00 bits per heavy atom. The van der Waals surface area contributed by atoms with Gasteiger partial charge >= 0.3 is 6.36 Å². The number of hydrogen-bond acceptors (Lipinski definition) is 5. The molecule has 0 radical (unpaired) electrons. The van der Waals surface area contributed by atoms with Crippen LogP contribution in [0.15, 0.2) is 48.5 Å². The van der Waals surface area contributed by atoms with E-state index < -0.39 is 18.0 Å². The molecule has 0 bridgehead atoms. The van der Waals surface area contributed by atoms with Crippen LogP contribution in [0.3, 0.4) is 0 Å². The summed E-state index contributed by atoms with van der Waals surface area (Å²) in [5.41, 5.74) is 1.23. The number of nitrogens with zero attached hydrogens (tertiary/aromatic N) is 2. The number of halogens is 5. The molecule has 2 aromatic carbocycles. The summed E-state index contributed by atoms with van der Waals surface area (Å²) in [6, 6.07) is 10.6. The number of hydrogen-bond donors (Lipinski definition) is 2. The van der Waals surface area contributed by atoms with Crippen molar-refractivity contribution in [2.24, 2.45) is 0 Å². The molecule has 0 aliphatic carbocycles. The molecule has 5 nitrogen and oxygen atoms in total. The van der Waals surface area contributed by atoms with E-state index in [2.05, 4.69) is 25.3 Å². The SMILES string of the molecule is CC[C@@H](C)Nc1nc(NCc2ccc(F)c(F)c2)cc(-c2cccc(OC(F)(F)F)c2)n1. The first-order valence-electron chi connectivity index (χ1n) is 9.82. The highest BCUT2D eigenvalue weighted by Crippen LogP contribution is 2.29. The normalized spacial score (nSPS) is 12.3. The lowest BCUT2D eigenvalue weighted by Crippen LogP contribution is -2.17. The summed E-state index contributed by atoms with van der Waals surface area (Å²) in [6.45, 7) is 4.05. The second-order valence-corrected chi connectivity index (χ2v) is 7.09. The van der Waals surface area contributed by atoms with Gasteiger partial charge in [-0.2, -0.15) is 4.98 Å². The number of alkyl halides is 3. The third kappa shape index (κ3) is 6.53. The summed E-state index contributed by atoms with van der Waals surface area (Å²) in [6.07, 6.45) is -4.02. The minimum atomic E-state index is -4.81. The van der Waals surface area contributed by atoms with E-state index in [1.54, 1.807) is 12.1 Å². The maximum atomic E-state index is 13.5. The lowest BCUT2D eigenvalue weighted by atomic mass is 10.1. The van der Waals surface area contributed by atoms with Gasteiger partial charge in [-0.15, -0.1) is 13.2 Å². The quantitative estimate of drug-likeness (QED) is 0.402. The fraction of sp³-hybridized carbons (Fsp3) is 0.273. The van der Waals surface area contributed by atoms with E-state index in [9.17, 15) is 22.0 Å². The van der Waals surface area contributed by atoms with Gasteiger partial charge in [0.15, 0.2) is 11.6 Å². The Hall–Kier alpha value is -3.43. The maximum absolute atomic E-state index is 13.5. The summed E-state index contributed by atoms with van der Waals surface area (Å²) in [7, 11) is 0. The Morgan fingerprint density at radius 2 is 1.78 bits per heavy atom. The van der Waals surface area contributed by atoms with Crippen molar-refractivity contribution >= 4 is 11.8 Å². The zero-order chi connectivity index (χ0) is 23.3. The molecule has 1 aromatic heterocycles. The topological polar surface area (TPSA) is 59.1 Å². The number of aromatic nitrogens is 2. The summed E-state index contributed by atoms with van der Waals surface area (Å²) in [5, 5.41) is 6.14. The van der Waals surface area contributed by atoms with Crippen LogP contribution in [-0.4, -0.2) is 22.4 Å². The lowest BCUT2D eigenvalue weighted by Gasteiger charge is -2.15. The highest BCUT2D eigenvalue weighted by molar-refractivity contribution is 5.66. The van der Waals surface area contributed by atoms with Crippen molar-refractivity contribution < 1.29 is 26.7 Å². The van der Waals surface area contributed by atoms with Crippen LogP contribution >= 0.6 is 0 Å². The maximum Gasteiger partial charge on any atom is 0.573 e. The van der Waals surface area contributed by atoms with Crippen molar-refractivity contribution in [3.8, 4) is 17.0 Å². The third-order valence-corrected chi connectivity index (χ3v) is 4.54. The van der Waals surface area contributed by atoms with Gasteiger partial charge in [-0.3, -0.25) is 0 Å². The van der Waals surface area contributed by atoms with Gasteiger partial charge in [0, 0.05) is 24.2 Å². The van der Waals surface area contributed by atoms with Crippen molar-refractivity contribution in [2.45, 2.75) is 39.2 Å². The number of benzene rings is 2. The average molecular weight is 452 g/mol. The van der Waals surface area contributed by atoms with Gasteiger partial charge in [0.05, 0.1) is 5.69 Å². The molecule has 0 aliphatic rings. The molecule has 2 N–H and O–H groups in total. The van der Waals surface area contributed by atoms with Crippen LogP contribution in [0.25, 0.3) is 11.3 Å². The summed E-state index contributed by atoms with van der Waals surface area (Å²) in [5.74, 6) is -1.66. The molecule has 0 aliphatic heterocycles. The highest BCUT2D eigenvalue weighted by atomic mass is 19.4. The van der Waals surface area contributed by atoms with Gasteiger partial charge in [-0.1, -0.05) is 25.1 Å². The molecule has 0 amide bonds. The fourth-order valence-corrected chi connectivity index (χ4v) is 2.77. The van der Waals surface area contributed by atoms with Gasteiger partial charge in [-0.05, 0) is 43.2 Å². The highest BCUT2D eigenvalue weighted by Gasteiger charge is 2.31. The van der Waals surface area contributed by atoms with Crippen LogP contribution in [0, 0.1) is 11.6 Å². The molecule has 0 saturated carbocycles. The van der Waals surface area contributed by atoms with Crippen LogP contribution in [-0.2, 0) is 6.54 Å². The second-order valence-electron chi connectivity index (χ2n) is 7.09. The van der Waals surface area contributed by atoms with E-state index >= 15 is 0 Å². The van der Waals surface area contributed by atoms with Gasteiger partial charge in [0.25, 0.3) is 0 Å². The minimum Gasteiger partial charge on any atom is -0.406 e. The summed E-state index contributed by atoms with van der Waals surface area (Å²) >= 11 is 0. The predicted molar refractivity (Wildman–Crippen MR) is 111 cm³/mol. The summed E-state index contributed by atoms with van der Waals surface area (Å²) in [4.78, 5) is 8.77. The molecular formula is C22H21F5N4O. The molecular weight excluding hydrogens is 431 g/mol.